The molecule has 6 aromatic rings. The van der Waals surface area contributed by atoms with E-state index in [1.165, 1.54) is 44.2 Å². The van der Waals surface area contributed by atoms with Crippen LogP contribution < -0.4 is 58.6 Å². The van der Waals surface area contributed by atoms with Gasteiger partial charge in [-0.1, -0.05) is 36.4 Å². The van der Waals surface area contributed by atoms with Crippen molar-refractivity contribution < 1.29 is 69.5 Å². The zero-order chi connectivity index (χ0) is 61.5. The zero-order valence-electron chi connectivity index (χ0n) is 52.7. The lowest BCUT2D eigenvalue weighted by molar-refractivity contribution is 0.0201. The second-order valence-corrected chi connectivity index (χ2v) is 19.8. The first kappa shape index (κ1) is 41.4. The van der Waals surface area contributed by atoms with Gasteiger partial charge in [-0.3, -0.25) is 0 Å². The van der Waals surface area contributed by atoms with Crippen LogP contribution in [0.4, 0.5) is 13.2 Å². The summed E-state index contributed by atoms with van der Waals surface area (Å²) in [7, 11) is 0. The van der Waals surface area contributed by atoms with Gasteiger partial charge in [0, 0.05) is 69.4 Å². The Balaban J connectivity index is 0.000000144. The van der Waals surface area contributed by atoms with Gasteiger partial charge >= 0.3 is 0 Å². The highest BCUT2D eigenvalue weighted by Gasteiger charge is 2.40. The summed E-state index contributed by atoms with van der Waals surface area (Å²) in [5.74, 6) is 1.52. The third-order valence-electron chi connectivity index (χ3n) is 14.3. The lowest BCUT2D eigenvalue weighted by Crippen LogP contribution is -2.49. The third-order valence-corrected chi connectivity index (χ3v) is 14.3. The van der Waals surface area contributed by atoms with E-state index in [0.717, 1.165) is 43.6 Å². The molecule has 2 unspecified atom stereocenters. The van der Waals surface area contributed by atoms with Crippen molar-refractivity contribution in [2.24, 2.45) is 17.8 Å². The number of halogens is 3. The third kappa shape index (κ3) is 13.0. The van der Waals surface area contributed by atoms with Gasteiger partial charge in [-0.05, 0) is 160 Å². The van der Waals surface area contributed by atoms with Gasteiger partial charge in [-0.2, -0.15) is 0 Å². The number of ether oxygens (including phenoxy) is 9. The molecule has 6 aromatic carbocycles. The highest BCUT2D eigenvalue weighted by Crippen LogP contribution is 2.43. The van der Waals surface area contributed by atoms with Crippen LogP contribution in [0.3, 0.4) is 0 Å². The Morgan fingerprint density at radius 3 is 1.67 bits per heavy atom. The molecule has 12 rings (SSSR count). The maximum absolute atomic E-state index is 14.1. The first-order chi connectivity index (χ1) is 40.6. The summed E-state index contributed by atoms with van der Waals surface area (Å²) in [6.45, 7) is 7.31. The maximum Gasteiger partial charge on any atom is 0.238 e. The maximum atomic E-state index is 14.1. The van der Waals surface area contributed by atoms with Crippen LogP contribution in [0.5, 0.6) is 51.7 Å². The summed E-state index contributed by atoms with van der Waals surface area (Å²) in [6, 6.07) is 25.8. The number of fused-ring (bicyclic) bond motifs is 3. The Kier molecular flexibility index (Phi) is 13.1. The predicted molar refractivity (Wildman–Crippen MR) is 283 cm³/mol. The van der Waals surface area contributed by atoms with E-state index in [0.29, 0.717) is 90.3 Å². The molecule has 402 valence electrons. The van der Waals surface area contributed by atoms with E-state index in [-0.39, 0.29) is 53.0 Å². The molecule has 3 N–H and O–H groups in total. The van der Waals surface area contributed by atoms with Gasteiger partial charge in [0.1, 0.15) is 45.8 Å². The number of benzene rings is 6. The quantitative estimate of drug-likeness (QED) is 0.108. The number of piperidine rings is 3. The second-order valence-electron chi connectivity index (χ2n) is 19.8. The van der Waals surface area contributed by atoms with Gasteiger partial charge in [0.25, 0.3) is 0 Å². The van der Waals surface area contributed by atoms with Crippen LogP contribution in [-0.2, 0) is 0 Å². The molecule has 0 aromatic heterocycles. The molecular weight excluding hydrogens is 976 g/mol. The molecule has 0 spiro atoms. The van der Waals surface area contributed by atoms with Crippen molar-refractivity contribution in [1.82, 2.24) is 16.0 Å². The number of rotatable bonds is 12. The van der Waals surface area contributed by atoms with E-state index in [2.05, 4.69) is 16.0 Å². The molecule has 0 radical (unpaired) electrons. The van der Waals surface area contributed by atoms with Crippen molar-refractivity contribution in [3.05, 3.63) is 161 Å². The van der Waals surface area contributed by atoms with Crippen LogP contribution in [0.2, 0.25) is 0 Å². The first-order valence-corrected chi connectivity index (χ1v) is 25.6. The Bertz CT molecular complexity index is 3380. The number of hydrogen-bond acceptors (Lipinski definition) is 12. The van der Waals surface area contributed by atoms with Crippen LogP contribution in [0.25, 0.3) is 0 Å². The minimum Gasteiger partial charge on any atom is -0.493 e. The van der Waals surface area contributed by atoms with Crippen LogP contribution in [-0.4, -0.2) is 77.3 Å². The average molecular weight is 1050 g/mol. The molecule has 76 heavy (non-hydrogen) atoms. The van der Waals surface area contributed by atoms with E-state index in [1.807, 2.05) is 26.0 Å². The topological polar surface area (TPSA) is 119 Å². The van der Waals surface area contributed by atoms with Crippen molar-refractivity contribution in [1.29, 1.82) is 0 Å². The minimum absolute atomic E-state index is 0.0950. The Labute approximate surface area is 457 Å². The summed E-state index contributed by atoms with van der Waals surface area (Å²) in [4.78, 5) is 0. The molecule has 6 aliphatic rings. The molecule has 0 bridgehead atoms. The van der Waals surface area contributed by atoms with Gasteiger partial charge in [-0.15, -0.1) is 0 Å². The van der Waals surface area contributed by atoms with Crippen LogP contribution >= 0.6 is 0 Å². The largest absolute Gasteiger partial charge is 0.493 e. The van der Waals surface area contributed by atoms with E-state index >= 15 is 0 Å². The van der Waals surface area contributed by atoms with E-state index < -0.39 is 55.3 Å². The molecule has 8 atom stereocenters. The molecular formula is C61H68F3N3O9. The fourth-order valence-electron chi connectivity index (χ4n) is 10.4. The first-order valence-electron chi connectivity index (χ1n) is 30.6. The Morgan fingerprint density at radius 2 is 1.04 bits per heavy atom. The van der Waals surface area contributed by atoms with Crippen LogP contribution in [0, 0.1) is 35.2 Å². The smallest absolute Gasteiger partial charge is 0.238 e. The van der Waals surface area contributed by atoms with E-state index in [1.54, 1.807) is 60.7 Å². The van der Waals surface area contributed by atoms with Gasteiger partial charge in [0.15, 0.2) is 34.5 Å². The molecule has 3 saturated heterocycles. The van der Waals surface area contributed by atoms with Gasteiger partial charge in [0.2, 0.25) is 19.3 Å². The van der Waals surface area contributed by atoms with Crippen LogP contribution in [0.15, 0.2) is 127 Å². The average Bonchev–Trinajstić information content (AvgIpc) is 1.91. The summed E-state index contributed by atoms with van der Waals surface area (Å²) < 4.78 is 171. The summed E-state index contributed by atoms with van der Waals surface area (Å²) >= 11 is 0. The Hall–Kier alpha value is -6.81. The molecule has 0 aliphatic carbocycles. The molecule has 0 saturated carbocycles. The predicted octanol–water partition coefficient (Wildman–Crippen LogP) is 11.5. The van der Waals surface area contributed by atoms with Gasteiger partial charge in [-0.25, -0.2) is 13.2 Å². The molecule has 6 heterocycles. The van der Waals surface area contributed by atoms with Gasteiger partial charge < -0.3 is 58.6 Å². The summed E-state index contributed by atoms with van der Waals surface area (Å²) in [6.07, 6.45) is -0.716. The van der Waals surface area contributed by atoms with Crippen molar-refractivity contribution in [2.45, 2.75) is 82.8 Å². The molecule has 3 fully saturated rings. The van der Waals surface area contributed by atoms with Crippen LogP contribution in [0.1, 0.15) is 95.1 Å². The summed E-state index contributed by atoms with van der Waals surface area (Å²) in [5, 5.41) is 9.93. The fourth-order valence-corrected chi connectivity index (χ4v) is 10.4. The highest BCUT2D eigenvalue weighted by molar-refractivity contribution is 5.49. The van der Waals surface area contributed by atoms with E-state index in [4.69, 9.17) is 56.3 Å². The monoisotopic (exact) mass is 1050 g/mol. The van der Waals surface area contributed by atoms with Crippen molar-refractivity contribution >= 4 is 0 Å². The Morgan fingerprint density at radius 1 is 0.553 bits per heavy atom. The highest BCUT2D eigenvalue weighted by atomic mass is 19.1. The van der Waals surface area contributed by atoms with Gasteiger partial charge in [0.05, 0.1) is 21.4 Å². The second kappa shape index (κ2) is 24.0. The lowest BCUT2D eigenvalue weighted by atomic mass is 9.73. The number of hydrogen-bond donors (Lipinski definition) is 3. The zero-order valence-corrected chi connectivity index (χ0v) is 42.7. The fraction of sp³-hybridized carbons (Fsp3) is 0.410. The van der Waals surface area contributed by atoms with Crippen molar-refractivity contribution in [2.75, 3.05) is 59.2 Å². The van der Waals surface area contributed by atoms with Crippen molar-refractivity contribution in [3.8, 4) is 51.7 Å². The molecule has 15 heteroatoms. The molecule has 6 aliphatic heterocycles. The van der Waals surface area contributed by atoms with E-state index in [9.17, 15) is 13.2 Å². The lowest BCUT2D eigenvalue weighted by Gasteiger charge is -2.43. The standard InChI is InChI=1S/C22H26FNO3.C20H22FNO3.C19H20FNO3/c1-14-25-20-9-8-17(12-21(20)26-14)27-22(2,3)19-13-24-11-10-18(19)15-4-6-16(23)7-5-15;1-13-24-19-7-6-17(10-20(19)25-13)23-12-15-11-22-9-8-18(15)14-2-4-16(21)5-3-14;20-15-3-1-13(2-4-15)17-7-8-21-10-14(17)11-22-16-5-6-18-19(9-16)24-12-23-18/h4-9,12,14,18-19,24H,10-11,13H2,1-3H3;2-7,10,13,15,18,22H,8-9,11-12H2,1H3;1-6,9,14,17,21H,7-8,10-12H2/t14?,18-,19+;13?,15-,18-;14-,17-/m000/s1/i4D,5D,6D,7D,14D;12D2,13D;12D2. The molecule has 0 amide bonds. The minimum atomic E-state index is -2.14. The normalized spacial score (nSPS) is 28.7. The molecule has 12 nitrogen and oxygen atoms in total. The number of nitrogens with one attached hydrogen (secondary N) is 3. The summed E-state index contributed by atoms with van der Waals surface area (Å²) in [5.41, 5.74) is 1.46. The SMILES string of the molecule is [2H]C1(C)Oc2ccc(OC([2H])([2H])[C@@H]3CNCC[C@H]3c3ccc(F)cc3)cc2O1.[2H]C1([2H])Oc2ccc(OC[C@@H]3CNCC[C@H]3c3ccc(F)cc3)cc2O1.[2H]c1c([2H])c([C@@H]2CCNC[C@H]2C(C)(C)Oc2ccc3c(c2)OC([2H])(C)O3)c([2H])c([2H])c1F. The van der Waals surface area contributed by atoms with Crippen molar-refractivity contribution in [3.63, 3.8) is 0 Å².